The first kappa shape index (κ1) is 23.5. The van der Waals surface area contributed by atoms with E-state index < -0.39 is 10.9 Å². The number of nitro benzene ring substituents is 1. The third kappa shape index (κ3) is 4.98. The first-order chi connectivity index (χ1) is 16.9. The van der Waals surface area contributed by atoms with Gasteiger partial charge in [-0.15, -0.1) is 0 Å². The smallest absolute Gasteiger partial charge is 0.343 e. The van der Waals surface area contributed by atoms with Crippen molar-refractivity contribution in [2.24, 2.45) is 0 Å². The maximum Gasteiger partial charge on any atom is 0.343 e. The Balaban J connectivity index is 1.66. The number of benzene rings is 3. The molecular weight excluding hydrogens is 454 g/mol. The van der Waals surface area contributed by atoms with Gasteiger partial charge in [-0.25, -0.2) is 4.79 Å². The van der Waals surface area contributed by atoms with Crippen LogP contribution in [-0.4, -0.2) is 29.9 Å². The van der Waals surface area contributed by atoms with Gasteiger partial charge >= 0.3 is 5.97 Å². The summed E-state index contributed by atoms with van der Waals surface area (Å²) in [4.78, 5) is 36.0. The third-order valence-electron chi connectivity index (χ3n) is 5.06. The second kappa shape index (κ2) is 10.1. The summed E-state index contributed by atoms with van der Waals surface area (Å²) < 4.78 is 22.5. The molecule has 9 heteroatoms. The molecule has 0 aromatic heterocycles. The van der Waals surface area contributed by atoms with E-state index in [9.17, 15) is 19.7 Å². The van der Waals surface area contributed by atoms with Gasteiger partial charge in [0.15, 0.2) is 17.3 Å². The van der Waals surface area contributed by atoms with Crippen molar-refractivity contribution in [3.05, 3.63) is 93.2 Å². The molecule has 1 aliphatic heterocycles. The van der Waals surface area contributed by atoms with Gasteiger partial charge in [-0.1, -0.05) is 12.1 Å². The summed E-state index contributed by atoms with van der Waals surface area (Å²) in [5.41, 5.74) is 0.743. The van der Waals surface area contributed by atoms with Crippen molar-refractivity contribution in [1.29, 1.82) is 0 Å². The minimum absolute atomic E-state index is 0.0509. The number of hydrogen-bond acceptors (Lipinski definition) is 8. The molecule has 0 aliphatic carbocycles. The van der Waals surface area contributed by atoms with Crippen LogP contribution in [0.5, 0.6) is 23.0 Å². The quantitative estimate of drug-likeness (QED) is 0.143. The van der Waals surface area contributed by atoms with Gasteiger partial charge in [-0.05, 0) is 50.3 Å². The molecule has 0 radical (unpaired) electrons. The van der Waals surface area contributed by atoms with E-state index in [2.05, 4.69) is 0 Å². The zero-order chi connectivity index (χ0) is 24.9. The maximum absolute atomic E-state index is 12.9. The second-order valence-electron chi connectivity index (χ2n) is 7.33. The number of allylic oxidation sites excluding steroid dienone is 1. The molecular formula is C26H21NO8. The summed E-state index contributed by atoms with van der Waals surface area (Å²) in [7, 11) is 0. The average Bonchev–Trinajstić information content (AvgIpc) is 3.15. The molecule has 0 fully saturated rings. The van der Waals surface area contributed by atoms with Crippen LogP contribution >= 0.6 is 0 Å². The van der Waals surface area contributed by atoms with Crippen molar-refractivity contribution >= 4 is 23.5 Å². The SMILES string of the molecule is CCOc1ccc2c(c1)O/C(=C\c1cccc(OCC)c1OC(=O)c1ccc([N+](=O)[O-])cc1)C2=O. The fourth-order valence-corrected chi connectivity index (χ4v) is 3.46. The molecule has 0 saturated heterocycles. The summed E-state index contributed by atoms with van der Waals surface area (Å²) >= 11 is 0. The van der Waals surface area contributed by atoms with Crippen LogP contribution in [0.3, 0.4) is 0 Å². The predicted octanol–water partition coefficient (Wildman–Crippen LogP) is 5.23. The normalized spacial score (nSPS) is 13.2. The fourth-order valence-electron chi connectivity index (χ4n) is 3.46. The number of fused-ring (bicyclic) bond motifs is 1. The molecule has 9 nitrogen and oxygen atoms in total. The minimum Gasteiger partial charge on any atom is -0.494 e. The van der Waals surface area contributed by atoms with Crippen molar-refractivity contribution in [2.45, 2.75) is 13.8 Å². The van der Waals surface area contributed by atoms with Crippen LogP contribution in [0.1, 0.15) is 40.1 Å². The van der Waals surface area contributed by atoms with E-state index in [0.29, 0.717) is 41.6 Å². The topological polar surface area (TPSA) is 114 Å². The van der Waals surface area contributed by atoms with Crippen LogP contribution < -0.4 is 18.9 Å². The summed E-state index contributed by atoms with van der Waals surface area (Å²) in [6.07, 6.45) is 1.48. The largest absolute Gasteiger partial charge is 0.494 e. The Hall–Kier alpha value is -4.66. The molecule has 0 N–H and O–H groups in total. The lowest BCUT2D eigenvalue weighted by molar-refractivity contribution is -0.384. The monoisotopic (exact) mass is 475 g/mol. The van der Waals surface area contributed by atoms with E-state index in [4.69, 9.17) is 18.9 Å². The Morgan fingerprint density at radius 1 is 1.03 bits per heavy atom. The van der Waals surface area contributed by atoms with E-state index in [1.54, 1.807) is 43.3 Å². The number of esters is 1. The predicted molar refractivity (Wildman–Crippen MR) is 126 cm³/mol. The molecule has 0 amide bonds. The lowest BCUT2D eigenvalue weighted by Gasteiger charge is -2.13. The molecule has 178 valence electrons. The Morgan fingerprint density at radius 3 is 2.46 bits per heavy atom. The van der Waals surface area contributed by atoms with Gasteiger partial charge in [-0.2, -0.15) is 0 Å². The first-order valence-electron chi connectivity index (χ1n) is 10.8. The molecule has 1 aliphatic rings. The van der Waals surface area contributed by atoms with Crippen molar-refractivity contribution < 1.29 is 33.5 Å². The van der Waals surface area contributed by atoms with Crippen molar-refractivity contribution in [3.63, 3.8) is 0 Å². The molecule has 0 atom stereocenters. The Morgan fingerprint density at radius 2 is 1.77 bits per heavy atom. The molecule has 0 spiro atoms. The summed E-state index contributed by atoms with van der Waals surface area (Å²) in [5.74, 6) is 0.322. The summed E-state index contributed by atoms with van der Waals surface area (Å²) in [6, 6.07) is 15.0. The standard InChI is InChI=1S/C26H21NO8/c1-3-32-19-12-13-20-22(15-19)34-23(24(20)28)14-17-6-5-7-21(33-4-2)25(17)35-26(29)16-8-10-18(11-9-16)27(30)31/h5-15H,3-4H2,1-2H3/b23-14-. The van der Waals surface area contributed by atoms with E-state index in [1.165, 1.54) is 30.3 Å². The van der Waals surface area contributed by atoms with Gasteiger partial charge in [-0.3, -0.25) is 14.9 Å². The van der Waals surface area contributed by atoms with Gasteiger partial charge in [0.25, 0.3) is 5.69 Å². The zero-order valence-electron chi connectivity index (χ0n) is 19.0. The Kier molecular flexibility index (Phi) is 6.77. The fraction of sp³-hybridized carbons (Fsp3) is 0.154. The number of rotatable bonds is 8. The van der Waals surface area contributed by atoms with Crippen LogP contribution in [0.25, 0.3) is 6.08 Å². The highest BCUT2D eigenvalue weighted by molar-refractivity contribution is 6.14. The molecule has 1 heterocycles. The van der Waals surface area contributed by atoms with E-state index in [-0.39, 0.29) is 28.5 Å². The van der Waals surface area contributed by atoms with Gasteiger partial charge in [0.2, 0.25) is 5.78 Å². The first-order valence-corrected chi connectivity index (χ1v) is 10.8. The molecule has 0 bridgehead atoms. The van der Waals surface area contributed by atoms with Crippen LogP contribution in [0.2, 0.25) is 0 Å². The van der Waals surface area contributed by atoms with Crippen LogP contribution in [0.15, 0.2) is 66.4 Å². The number of nitro groups is 1. The number of ether oxygens (including phenoxy) is 4. The number of hydrogen-bond donors (Lipinski definition) is 0. The van der Waals surface area contributed by atoms with Gasteiger partial charge in [0.1, 0.15) is 11.5 Å². The van der Waals surface area contributed by atoms with Gasteiger partial charge in [0.05, 0.1) is 29.3 Å². The molecule has 4 rings (SSSR count). The molecule has 3 aromatic carbocycles. The highest BCUT2D eigenvalue weighted by Crippen LogP contribution is 2.38. The van der Waals surface area contributed by atoms with Crippen LogP contribution in [0, 0.1) is 10.1 Å². The Bertz CT molecular complexity index is 1330. The second-order valence-corrected chi connectivity index (χ2v) is 7.33. The summed E-state index contributed by atoms with van der Waals surface area (Å²) in [6.45, 7) is 4.42. The molecule has 3 aromatic rings. The minimum atomic E-state index is -0.741. The number of non-ortho nitro benzene ring substituents is 1. The molecule has 35 heavy (non-hydrogen) atoms. The lowest BCUT2D eigenvalue weighted by Crippen LogP contribution is -2.11. The highest BCUT2D eigenvalue weighted by atomic mass is 16.6. The number of ketones is 1. The summed E-state index contributed by atoms with van der Waals surface area (Å²) in [5, 5.41) is 10.9. The van der Waals surface area contributed by atoms with Crippen molar-refractivity contribution in [2.75, 3.05) is 13.2 Å². The number of para-hydroxylation sites is 1. The zero-order valence-corrected chi connectivity index (χ0v) is 19.0. The van der Waals surface area contributed by atoms with E-state index in [0.717, 1.165) is 0 Å². The maximum atomic E-state index is 12.9. The number of carbonyl (C=O) groups is 2. The number of Topliss-reactive ketones (excluding diaryl/α,β-unsaturated/α-hetero) is 1. The van der Waals surface area contributed by atoms with E-state index >= 15 is 0 Å². The average molecular weight is 475 g/mol. The lowest BCUT2D eigenvalue weighted by atomic mass is 10.1. The number of nitrogens with zero attached hydrogens (tertiary/aromatic N) is 1. The van der Waals surface area contributed by atoms with Gasteiger partial charge in [0, 0.05) is 23.8 Å². The Labute approximate surface area is 200 Å². The van der Waals surface area contributed by atoms with E-state index in [1.807, 2.05) is 6.92 Å². The molecule has 0 unspecified atom stereocenters. The molecule has 0 saturated carbocycles. The van der Waals surface area contributed by atoms with Gasteiger partial charge < -0.3 is 18.9 Å². The highest BCUT2D eigenvalue weighted by Gasteiger charge is 2.28. The number of carbonyl (C=O) groups excluding carboxylic acids is 2. The third-order valence-corrected chi connectivity index (χ3v) is 5.06. The van der Waals surface area contributed by atoms with Crippen LogP contribution in [0.4, 0.5) is 5.69 Å². The van der Waals surface area contributed by atoms with Crippen molar-refractivity contribution in [3.8, 4) is 23.0 Å². The van der Waals surface area contributed by atoms with Crippen molar-refractivity contribution in [1.82, 2.24) is 0 Å². The van der Waals surface area contributed by atoms with Crippen LogP contribution in [-0.2, 0) is 0 Å².